The second-order valence-corrected chi connectivity index (χ2v) is 5.48. The van der Waals surface area contributed by atoms with E-state index in [1.165, 1.54) is 0 Å². The third kappa shape index (κ3) is 2.25. The van der Waals surface area contributed by atoms with Crippen LogP contribution in [0.5, 0.6) is 0 Å². The normalized spacial score (nSPS) is 10.4. The van der Waals surface area contributed by atoms with Gasteiger partial charge in [-0.2, -0.15) is 5.26 Å². The second-order valence-electron chi connectivity index (χ2n) is 5.48. The highest BCUT2D eigenvalue weighted by molar-refractivity contribution is 6.02. The van der Waals surface area contributed by atoms with Crippen LogP contribution >= 0.6 is 0 Å². The first-order valence-electron chi connectivity index (χ1n) is 7.11. The monoisotopic (exact) mass is 287 g/mol. The second kappa shape index (κ2) is 5.42. The summed E-state index contributed by atoms with van der Waals surface area (Å²) in [5.41, 5.74) is 10.9. The summed E-state index contributed by atoms with van der Waals surface area (Å²) in [6, 6.07) is 20.1. The lowest BCUT2D eigenvalue weighted by Crippen LogP contribution is -2.08. The van der Waals surface area contributed by atoms with Crippen LogP contribution < -0.4 is 10.6 Å². The van der Waals surface area contributed by atoms with Crippen LogP contribution in [0.2, 0.25) is 0 Å². The highest BCUT2D eigenvalue weighted by Gasteiger charge is 2.09. The number of nitriles is 1. The maximum absolute atomic E-state index is 9.21. The largest absolute Gasteiger partial charge is 0.398 e. The fourth-order valence-electron chi connectivity index (χ4n) is 2.68. The number of nitrogens with two attached hydrogens (primary N) is 1. The first kappa shape index (κ1) is 14.0. The van der Waals surface area contributed by atoms with Crippen LogP contribution in [-0.2, 0) is 0 Å². The predicted molar refractivity (Wildman–Crippen MR) is 92.8 cm³/mol. The number of hydrogen-bond donors (Lipinski definition) is 1. The maximum Gasteiger partial charge on any atom is 0.0998 e. The van der Waals surface area contributed by atoms with E-state index in [1.54, 1.807) is 0 Å². The molecule has 0 aliphatic carbocycles. The minimum absolute atomic E-state index is 0.651. The molecule has 0 amide bonds. The smallest absolute Gasteiger partial charge is 0.0998 e. The van der Waals surface area contributed by atoms with Crippen molar-refractivity contribution in [1.82, 2.24) is 0 Å². The minimum Gasteiger partial charge on any atom is -0.398 e. The molecule has 3 rings (SSSR count). The van der Waals surface area contributed by atoms with E-state index in [0.717, 1.165) is 27.6 Å². The van der Waals surface area contributed by atoms with Crippen molar-refractivity contribution in [2.45, 2.75) is 0 Å². The molecule has 0 heterocycles. The number of hydrogen-bond acceptors (Lipinski definition) is 3. The lowest BCUT2D eigenvalue weighted by Gasteiger charge is -2.15. The molecule has 0 spiro atoms. The molecule has 3 aromatic rings. The molecule has 0 unspecified atom stereocenters. The molecule has 22 heavy (non-hydrogen) atoms. The zero-order valence-electron chi connectivity index (χ0n) is 12.7. The Hall–Kier alpha value is -2.99. The lowest BCUT2D eigenvalue weighted by atomic mass is 9.96. The molecule has 0 aliphatic rings. The Kier molecular flexibility index (Phi) is 3.44. The molecule has 3 heteroatoms. The number of anilines is 2. The van der Waals surface area contributed by atoms with Crippen LogP contribution in [0.25, 0.3) is 21.9 Å². The van der Waals surface area contributed by atoms with Crippen LogP contribution in [0, 0.1) is 11.3 Å². The summed E-state index contributed by atoms with van der Waals surface area (Å²) in [5.74, 6) is 0. The maximum atomic E-state index is 9.21. The summed E-state index contributed by atoms with van der Waals surface area (Å²) < 4.78 is 0. The van der Waals surface area contributed by atoms with Gasteiger partial charge in [0.15, 0.2) is 0 Å². The summed E-state index contributed by atoms with van der Waals surface area (Å²) in [6.45, 7) is 0. The fourth-order valence-corrected chi connectivity index (χ4v) is 2.68. The highest BCUT2D eigenvalue weighted by atomic mass is 15.1. The average molecular weight is 287 g/mol. The van der Waals surface area contributed by atoms with Gasteiger partial charge in [-0.3, -0.25) is 0 Å². The Labute approximate surface area is 130 Å². The first-order valence-corrected chi connectivity index (χ1v) is 7.11. The van der Waals surface area contributed by atoms with Gasteiger partial charge in [-0.05, 0) is 23.8 Å². The van der Waals surface area contributed by atoms with Crippen molar-refractivity contribution in [1.29, 1.82) is 5.26 Å². The van der Waals surface area contributed by atoms with Gasteiger partial charge in [-0.15, -0.1) is 0 Å². The van der Waals surface area contributed by atoms with E-state index in [2.05, 4.69) is 29.2 Å². The Morgan fingerprint density at radius 2 is 1.73 bits per heavy atom. The van der Waals surface area contributed by atoms with Gasteiger partial charge in [0.1, 0.15) is 0 Å². The lowest BCUT2D eigenvalue weighted by molar-refractivity contribution is 1.13. The minimum atomic E-state index is 0.651. The molecule has 0 fully saturated rings. The standard InChI is InChI=1S/C19H17N3/c1-22(2)15-7-3-5-13(11-15)17-10-9-16-14(12-20)6-4-8-18(16)19(17)21/h3-11H,21H2,1-2H3. The molecule has 0 saturated carbocycles. The van der Waals surface area contributed by atoms with E-state index >= 15 is 0 Å². The van der Waals surface area contributed by atoms with E-state index in [-0.39, 0.29) is 0 Å². The van der Waals surface area contributed by atoms with E-state index in [9.17, 15) is 5.26 Å². The SMILES string of the molecule is CN(C)c1cccc(-c2ccc3c(C#N)cccc3c2N)c1. The summed E-state index contributed by atoms with van der Waals surface area (Å²) in [6.07, 6.45) is 0. The van der Waals surface area contributed by atoms with E-state index in [1.807, 2.05) is 50.5 Å². The van der Waals surface area contributed by atoms with Crippen molar-refractivity contribution in [3.8, 4) is 17.2 Å². The summed E-state index contributed by atoms with van der Waals surface area (Å²) in [4.78, 5) is 2.06. The Morgan fingerprint density at radius 3 is 2.45 bits per heavy atom. The van der Waals surface area contributed by atoms with Gasteiger partial charge in [-0.1, -0.05) is 36.4 Å². The average Bonchev–Trinajstić information content (AvgIpc) is 2.55. The van der Waals surface area contributed by atoms with Crippen LogP contribution in [0.1, 0.15) is 5.56 Å². The van der Waals surface area contributed by atoms with Gasteiger partial charge < -0.3 is 10.6 Å². The zero-order valence-corrected chi connectivity index (χ0v) is 12.7. The number of nitrogen functional groups attached to an aromatic ring is 1. The van der Waals surface area contributed by atoms with E-state index in [0.29, 0.717) is 11.3 Å². The molecule has 3 aromatic carbocycles. The summed E-state index contributed by atoms with van der Waals surface area (Å²) in [7, 11) is 4.03. The molecule has 2 N–H and O–H groups in total. The Morgan fingerprint density at radius 1 is 0.955 bits per heavy atom. The van der Waals surface area contributed by atoms with Crippen LogP contribution in [0.15, 0.2) is 54.6 Å². The van der Waals surface area contributed by atoms with E-state index in [4.69, 9.17) is 5.73 Å². The molecule has 0 aromatic heterocycles. The van der Waals surface area contributed by atoms with Crippen molar-refractivity contribution in [3.05, 3.63) is 60.2 Å². The number of benzene rings is 3. The van der Waals surface area contributed by atoms with Gasteiger partial charge >= 0.3 is 0 Å². The molecule has 3 nitrogen and oxygen atoms in total. The van der Waals surface area contributed by atoms with Gasteiger partial charge in [0.25, 0.3) is 0 Å². The van der Waals surface area contributed by atoms with Crippen molar-refractivity contribution in [3.63, 3.8) is 0 Å². The fraction of sp³-hybridized carbons (Fsp3) is 0.105. The van der Waals surface area contributed by atoms with Crippen molar-refractivity contribution < 1.29 is 0 Å². The zero-order chi connectivity index (χ0) is 15.7. The summed E-state index contributed by atoms with van der Waals surface area (Å²) in [5, 5.41) is 11.0. The van der Waals surface area contributed by atoms with Gasteiger partial charge in [0.05, 0.1) is 11.6 Å². The Balaban J connectivity index is 2.23. The molecule has 0 aliphatic heterocycles. The molecule has 0 saturated heterocycles. The quantitative estimate of drug-likeness (QED) is 0.724. The van der Waals surface area contributed by atoms with Gasteiger partial charge in [0.2, 0.25) is 0 Å². The van der Waals surface area contributed by atoms with Crippen LogP contribution in [-0.4, -0.2) is 14.1 Å². The number of nitrogens with zero attached hydrogens (tertiary/aromatic N) is 2. The number of fused-ring (bicyclic) bond motifs is 1. The number of rotatable bonds is 2. The third-order valence-electron chi connectivity index (χ3n) is 3.90. The third-order valence-corrected chi connectivity index (χ3v) is 3.90. The Bertz CT molecular complexity index is 889. The van der Waals surface area contributed by atoms with Crippen LogP contribution in [0.3, 0.4) is 0 Å². The predicted octanol–water partition coefficient (Wildman–Crippen LogP) is 4.03. The first-order chi connectivity index (χ1) is 10.6. The van der Waals surface area contributed by atoms with Crippen molar-refractivity contribution in [2.24, 2.45) is 0 Å². The molecule has 0 radical (unpaired) electrons. The molecule has 0 bridgehead atoms. The topological polar surface area (TPSA) is 53.0 Å². The highest BCUT2D eigenvalue weighted by Crippen LogP contribution is 2.34. The molecular formula is C19H17N3. The van der Waals surface area contributed by atoms with Crippen LogP contribution in [0.4, 0.5) is 11.4 Å². The molecule has 108 valence electrons. The van der Waals surface area contributed by atoms with Gasteiger partial charge in [0, 0.05) is 41.8 Å². The van der Waals surface area contributed by atoms with Crippen molar-refractivity contribution in [2.75, 3.05) is 24.7 Å². The van der Waals surface area contributed by atoms with Crippen molar-refractivity contribution >= 4 is 22.1 Å². The van der Waals surface area contributed by atoms with E-state index < -0.39 is 0 Å². The summed E-state index contributed by atoms with van der Waals surface area (Å²) >= 11 is 0. The molecule has 0 atom stereocenters. The van der Waals surface area contributed by atoms with Gasteiger partial charge in [-0.25, -0.2) is 0 Å². The molecular weight excluding hydrogens is 270 g/mol.